The summed E-state index contributed by atoms with van der Waals surface area (Å²) in [5, 5.41) is 4.16. The summed E-state index contributed by atoms with van der Waals surface area (Å²) in [5.74, 6) is 0.473. The third kappa shape index (κ3) is 3.68. The SMILES string of the molecule is CC(C)C[NH2+]CC(=O)N1CCc2sccc2[C@H]1c1ccc(F)cc1. The van der Waals surface area contributed by atoms with E-state index in [-0.39, 0.29) is 17.8 Å². The molecule has 24 heavy (non-hydrogen) atoms. The average Bonchev–Trinajstić information content (AvgIpc) is 3.03. The van der Waals surface area contributed by atoms with Crippen molar-refractivity contribution in [3.63, 3.8) is 0 Å². The number of nitrogens with zero attached hydrogens (tertiary/aromatic N) is 1. The van der Waals surface area contributed by atoms with E-state index in [9.17, 15) is 9.18 Å². The highest BCUT2D eigenvalue weighted by Crippen LogP contribution is 2.37. The molecule has 1 amide bonds. The van der Waals surface area contributed by atoms with E-state index in [1.54, 1.807) is 23.5 Å². The van der Waals surface area contributed by atoms with Crippen molar-refractivity contribution >= 4 is 17.2 Å². The number of benzene rings is 1. The molecule has 0 aliphatic carbocycles. The fourth-order valence-corrected chi connectivity index (χ4v) is 4.15. The molecule has 2 N–H and O–H groups in total. The summed E-state index contributed by atoms with van der Waals surface area (Å²) in [4.78, 5) is 16.1. The first-order valence-corrected chi connectivity index (χ1v) is 9.37. The van der Waals surface area contributed by atoms with Crippen LogP contribution in [0.2, 0.25) is 0 Å². The standard InChI is InChI=1S/C19H23FN2OS/c1-13(2)11-21-12-18(23)22-9-7-17-16(8-10-24-17)19(22)14-3-5-15(20)6-4-14/h3-6,8,10,13,19,21H,7,9,11-12H2,1-2H3/p+1/t19-/m1/s1. The molecule has 1 aliphatic heterocycles. The topological polar surface area (TPSA) is 36.9 Å². The van der Waals surface area contributed by atoms with Gasteiger partial charge in [0.1, 0.15) is 5.82 Å². The Labute approximate surface area is 146 Å². The van der Waals surface area contributed by atoms with Gasteiger partial charge in [0.2, 0.25) is 0 Å². The van der Waals surface area contributed by atoms with Gasteiger partial charge in [0.15, 0.2) is 6.54 Å². The van der Waals surface area contributed by atoms with Gasteiger partial charge in [-0.1, -0.05) is 26.0 Å². The molecule has 128 valence electrons. The molecule has 2 heterocycles. The van der Waals surface area contributed by atoms with Crippen molar-refractivity contribution in [2.24, 2.45) is 5.92 Å². The number of fused-ring (bicyclic) bond motifs is 1. The molecule has 1 aromatic carbocycles. The number of hydrogen-bond donors (Lipinski definition) is 1. The van der Waals surface area contributed by atoms with Gasteiger partial charge in [0.25, 0.3) is 5.91 Å². The molecule has 0 radical (unpaired) electrons. The Balaban J connectivity index is 1.84. The molecule has 1 aliphatic rings. The normalized spacial score (nSPS) is 17.2. The molecule has 0 bridgehead atoms. The summed E-state index contributed by atoms with van der Waals surface area (Å²) < 4.78 is 13.3. The number of quaternary nitrogens is 1. The number of thiophene rings is 1. The zero-order chi connectivity index (χ0) is 17.1. The predicted octanol–water partition coefficient (Wildman–Crippen LogP) is 2.58. The number of carbonyl (C=O) groups excluding carboxylic acids is 1. The van der Waals surface area contributed by atoms with E-state index < -0.39 is 0 Å². The molecule has 0 fully saturated rings. The van der Waals surface area contributed by atoms with Crippen molar-refractivity contribution in [2.75, 3.05) is 19.6 Å². The third-order valence-corrected chi connectivity index (χ3v) is 5.43. The summed E-state index contributed by atoms with van der Waals surface area (Å²) >= 11 is 1.74. The number of carbonyl (C=O) groups is 1. The third-order valence-electron chi connectivity index (χ3n) is 4.43. The molecule has 3 rings (SSSR count). The molecule has 5 heteroatoms. The zero-order valence-electron chi connectivity index (χ0n) is 14.2. The smallest absolute Gasteiger partial charge is 0.278 e. The van der Waals surface area contributed by atoms with Crippen LogP contribution in [0.1, 0.15) is 35.9 Å². The second-order valence-corrected chi connectivity index (χ2v) is 7.71. The maximum Gasteiger partial charge on any atom is 0.278 e. The van der Waals surface area contributed by atoms with Gasteiger partial charge < -0.3 is 10.2 Å². The van der Waals surface area contributed by atoms with E-state index in [1.807, 2.05) is 4.90 Å². The Hall–Kier alpha value is -1.72. The van der Waals surface area contributed by atoms with E-state index in [0.717, 1.165) is 25.1 Å². The van der Waals surface area contributed by atoms with Crippen LogP contribution in [0.25, 0.3) is 0 Å². The second kappa shape index (κ2) is 7.45. The van der Waals surface area contributed by atoms with Crippen LogP contribution < -0.4 is 5.32 Å². The summed E-state index contributed by atoms with van der Waals surface area (Å²) in [5.41, 5.74) is 2.17. The number of nitrogens with two attached hydrogens (primary N) is 1. The van der Waals surface area contributed by atoms with Crippen LogP contribution in [0.3, 0.4) is 0 Å². The van der Waals surface area contributed by atoms with Gasteiger partial charge in [-0.3, -0.25) is 4.79 Å². The van der Waals surface area contributed by atoms with E-state index in [4.69, 9.17) is 0 Å². The molecular weight excluding hydrogens is 323 g/mol. The van der Waals surface area contributed by atoms with Gasteiger partial charge in [0.05, 0.1) is 12.6 Å². The molecule has 0 saturated carbocycles. The quantitative estimate of drug-likeness (QED) is 0.887. The van der Waals surface area contributed by atoms with Gasteiger partial charge in [-0.05, 0) is 41.1 Å². The van der Waals surface area contributed by atoms with E-state index in [0.29, 0.717) is 12.5 Å². The minimum atomic E-state index is -0.247. The largest absolute Gasteiger partial charge is 0.338 e. The number of amides is 1. The van der Waals surface area contributed by atoms with Crippen molar-refractivity contribution in [1.82, 2.24) is 4.90 Å². The zero-order valence-corrected chi connectivity index (χ0v) is 15.0. The van der Waals surface area contributed by atoms with E-state index in [2.05, 4.69) is 30.6 Å². The second-order valence-electron chi connectivity index (χ2n) is 6.71. The van der Waals surface area contributed by atoms with Crippen LogP contribution in [0.15, 0.2) is 35.7 Å². The molecule has 3 nitrogen and oxygen atoms in total. The van der Waals surface area contributed by atoms with Crippen LogP contribution >= 0.6 is 11.3 Å². The van der Waals surface area contributed by atoms with Crippen molar-refractivity contribution in [1.29, 1.82) is 0 Å². The first-order valence-electron chi connectivity index (χ1n) is 8.49. The molecule has 0 spiro atoms. The predicted molar refractivity (Wildman–Crippen MR) is 94.5 cm³/mol. The first kappa shape index (κ1) is 17.1. The Bertz CT molecular complexity index is 696. The lowest BCUT2D eigenvalue weighted by atomic mass is 9.93. The molecule has 1 atom stereocenters. The Morgan fingerprint density at radius 1 is 1.33 bits per heavy atom. The van der Waals surface area contributed by atoms with Crippen LogP contribution in [0, 0.1) is 11.7 Å². The lowest BCUT2D eigenvalue weighted by Crippen LogP contribution is -2.87. The maximum absolute atomic E-state index is 13.3. The summed E-state index contributed by atoms with van der Waals surface area (Å²) in [6.07, 6.45) is 0.903. The summed E-state index contributed by atoms with van der Waals surface area (Å²) in [6, 6.07) is 8.55. The van der Waals surface area contributed by atoms with Crippen LogP contribution in [-0.4, -0.2) is 30.4 Å². The Morgan fingerprint density at radius 2 is 2.08 bits per heavy atom. The van der Waals surface area contributed by atoms with Gasteiger partial charge in [-0.25, -0.2) is 4.39 Å². The maximum atomic E-state index is 13.3. The van der Waals surface area contributed by atoms with Crippen molar-refractivity contribution < 1.29 is 14.5 Å². The lowest BCUT2D eigenvalue weighted by Gasteiger charge is -2.36. The highest BCUT2D eigenvalue weighted by molar-refractivity contribution is 7.10. The summed E-state index contributed by atoms with van der Waals surface area (Å²) in [6.45, 7) is 6.45. The minimum Gasteiger partial charge on any atom is -0.338 e. The Morgan fingerprint density at radius 3 is 2.79 bits per heavy atom. The number of halogens is 1. The highest BCUT2D eigenvalue weighted by Gasteiger charge is 2.33. The lowest BCUT2D eigenvalue weighted by molar-refractivity contribution is -0.649. The summed E-state index contributed by atoms with van der Waals surface area (Å²) in [7, 11) is 0. The fourth-order valence-electron chi connectivity index (χ4n) is 3.25. The van der Waals surface area contributed by atoms with Crippen LogP contribution in [0.4, 0.5) is 4.39 Å². The molecular formula is C19H24FN2OS+. The Kier molecular flexibility index (Phi) is 5.31. The van der Waals surface area contributed by atoms with Crippen molar-refractivity contribution in [3.05, 3.63) is 57.5 Å². The van der Waals surface area contributed by atoms with E-state index in [1.165, 1.54) is 22.6 Å². The molecule has 1 aromatic heterocycles. The van der Waals surface area contributed by atoms with Crippen LogP contribution in [-0.2, 0) is 11.2 Å². The fraction of sp³-hybridized carbons (Fsp3) is 0.421. The van der Waals surface area contributed by atoms with Crippen molar-refractivity contribution in [2.45, 2.75) is 26.3 Å². The highest BCUT2D eigenvalue weighted by atomic mass is 32.1. The first-order chi connectivity index (χ1) is 11.6. The van der Waals surface area contributed by atoms with Gasteiger partial charge in [0, 0.05) is 17.3 Å². The average molecular weight is 347 g/mol. The monoisotopic (exact) mass is 347 g/mol. The van der Waals surface area contributed by atoms with Crippen LogP contribution in [0.5, 0.6) is 0 Å². The molecule has 0 unspecified atom stereocenters. The number of hydrogen-bond acceptors (Lipinski definition) is 2. The van der Waals surface area contributed by atoms with E-state index >= 15 is 0 Å². The molecule has 0 saturated heterocycles. The number of rotatable bonds is 5. The van der Waals surface area contributed by atoms with Gasteiger partial charge in [-0.15, -0.1) is 11.3 Å². The molecule has 2 aromatic rings. The van der Waals surface area contributed by atoms with Gasteiger partial charge in [-0.2, -0.15) is 0 Å². The van der Waals surface area contributed by atoms with Crippen molar-refractivity contribution in [3.8, 4) is 0 Å². The van der Waals surface area contributed by atoms with Gasteiger partial charge >= 0.3 is 0 Å². The minimum absolute atomic E-state index is 0.0967.